The van der Waals surface area contributed by atoms with Crippen LogP contribution in [0.25, 0.3) is 0 Å². The van der Waals surface area contributed by atoms with Crippen LogP contribution in [-0.4, -0.2) is 18.9 Å². The van der Waals surface area contributed by atoms with Gasteiger partial charge in [-0.1, -0.05) is 18.2 Å². The van der Waals surface area contributed by atoms with Crippen LogP contribution in [0.15, 0.2) is 42.5 Å². The molecule has 132 valence electrons. The number of halogens is 3. The predicted octanol–water partition coefficient (Wildman–Crippen LogP) is 2.64. The fourth-order valence-corrected chi connectivity index (χ4v) is 2.28. The molecular formula is C18H17F3N2O2. The molecule has 2 rings (SSSR count). The Morgan fingerprint density at radius 3 is 2.28 bits per heavy atom. The second-order valence-corrected chi connectivity index (χ2v) is 5.41. The minimum absolute atomic E-state index is 0.0583. The van der Waals surface area contributed by atoms with Crippen molar-refractivity contribution in [3.8, 4) is 0 Å². The van der Waals surface area contributed by atoms with Crippen molar-refractivity contribution in [3.05, 3.63) is 71.0 Å². The first-order valence-electron chi connectivity index (χ1n) is 7.61. The molecule has 1 atom stereocenters. The highest BCUT2D eigenvalue weighted by Crippen LogP contribution is 2.17. The third-order valence-electron chi connectivity index (χ3n) is 3.64. The zero-order valence-electron chi connectivity index (χ0n) is 13.5. The molecule has 1 unspecified atom stereocenters. The molecule has 0 bridgehead atoms. The van der Waals surface area contributed by atoms with Crippen LogP contribution in [0.5, 0.6) is 0 Å². The number of likely N-dealkylation sites (N-methyl/N-ethyl adjacent to an activating group) is 1. The molecule has 0 spiro atoms. The zero-order valence-corrected chi connectivity index (χ0v) is 13.5. The van der Waals surface area contributed by atoms with Gasteiger partial charge in [0.05, 0.1) is 0 Å². The van der Waals surface area contributed by atoms with Crippen molar-refractivity contribution < 1.29 is 22.8 Å². The van der Waals surface area contributed by atoms with Crippen LogP contribution in [0, 0.1) is 17.5 Å². The predicted molar refractivity (Wildman–Crippen MR) is 86.0 cm³/mol. The van der Waals surface area contributed by atoms with Crippen molar-refractivity contribution >= 4 is 11.8 Å². The van der Waals surface area contributed by atoms with Gasteiger partial charge in [-0.15, -0.1) is 0 Å². The quantitative estimate of drug-likeness (QED) is 0.842. The van der Waals surface area contributed by atoms with Gasteiger partial charge in [-0.25, -0.2) is 13.2 Å². The van der Waals surface area contributed by atoms with Gasteiger partial charge in [0.15, 0.2) is 11.6 Å². The molecule has 2 amide bonds. The van der Waals surface area contributed by atoms with Gasteiger partial charge in [0.1, 0.15) is 11.9 Å². The topological polar surface area (TPSA) is 58.2 Å². The number of aryl methyl sites for hydroxylation is 1. The maximum atomic E-state index is 13.4. The first kappa shape index (κ1) is 18.5. The molecular weight excluding hydrogens is 333 g/mol. The van der Waals surface area contributed by atoms with Crippen LogP contribution in [0.3, 0.4) is 0 Å². The number of rotatable bonds is 6. The summed E-state index contributed by atoms with van der Waals surface area (Å²) in [6.07, 6.45) is 0.410. The molecule has 0 saturated heterocycles. The van der Waals surface area contributed by atoms with Crippen LogP contribution in [0.4, 0.5) is 13.2 Å². The van der Waals surface area contributed by atoms with Gasteiger partial charge in [0, 0.05) is 13.5 Å². The second kappa shape index (κ2) is 8.32. The van der Waals surface area contributed by atoms with E-state index >= 15 is 0 Å². The van der Waals surface area contributed by atoms with E-state index in [-0.39, 0.29) is 17.8 Å². The molecule has 0 radical (unpaired) electrons. The van der Waals surface area contributed by atoms with Gasteiger partial charge in [0.2, 0.25) is 11.8 Å². The molecule has 0 saturated carbocycles. The van der Waals surface area contributed by atoms with E-state index in [2.05, 4.69) is 10.6 Å². The molecule has 0 aromatic heterocycles. The molecule has 4 nitrogen and oxygen atoms in total. The molecule has 7 heteroatoms. The highest BCUT2D eigenvalue weighted by Gasteiger charge is 2.22. The van der Waals surface area contributed by atoms with Crippen LogP contribution >= 0.6 is 0 Å². The first-order valence-corrected chi connectivity index (χ1v) is 7.61. The highest BCUT2D eigenvalue weighted by molar-refractivity contribution is 5.88. The van der Waals surface area contributed by atoms with E-state index < -0.39 is 29.5 Å². The summed E-state index contributed by atoms with van der Waals surface area (Å²) in [5, 5.41) is 4.87. The normalized spacial score (nSPS) is 11.7. The van der Waals surface area contributed by atoms with Gasteiger partial charge in [-0.3, -0.25) is 9.59 Å². The van der Waals surface area contributed by atoms with Gasteiger partial charge in [-0.2, -0.15) is 0 Å². The summed E-state index contributed by atoms with van der Waals surface area (Å²) in [4.78, 5) is 24.1. The van der Waals surface area contributed by atoms with E-state index in [0.29, 0.717) is 6.42 Å². The fraction of sp³-hybridized carbons (Fsp3) is 0.222. The van der Waals surface area contributed by atoms with Gasteiger partial charge >= 0.3 is 0 Å². The molecule has 0 aliphatic rings. The second-order valence-electron chi connectivity index (χ2n) is 5.41. The number of hydrogen-bond acceptors (Lipinski definition) is 2. The molecule has 0 heterocycles. The number of amides is 2. The molecule has 0 aliphatic heterocycles. The lowest BCUT2D eigenvalue weighted by atomic mass is 10.0. The van der Waals surface area contributed by atoms with Crippen molar-refractivity contribution in [1.82, 2.24) is 10.6 Å². The number of nitrogens with one attached hydrogen (secondary N) is 2. The summed E-state index contributed by atoms with van der Waals surface area (Å²) in [6.45, 7) is 0. The van der Waals surface area contributed by atoms with E-state index in [9.17, 15) is 22.8 Å². The fourth-order valence-electron chi connectivity index (χ4n) is 2.28. The molecule has 0 fully saturated rings. The molecule has 2 aromatic carbocycles. The Kier molecular flexibility index (Phi) is 6.16. The van der Waals surface area contributed by atoms with Crippen molar-refractivity contribution in [2.75, 3.05) is 7.05 Å². The number of benzene rings is 2. The van der Waals surface area contributed by atoms with Crippen LogP contribution in [0.1, 0.15) is 23.6 Å². The van der Waals surface area contributed by atoms with Crippen molar-refractivity contribution in [2.45, 2.75) is 18.9 Å². The van der Waals surface area contributed by atoms with Crippen molar-refractivity contribution in [2.24, 2.45) is 0 Å². The lowest BCUT2D eigenvalue weighted by Gasteiger charge is -2.18. The maximum Gasteiger partial charge on any atom is 0.246 e. The van der Waals surface area contributed by atoms with Crippen molar-refractivity contribution in [1.29, 1.82) is 0 Å². The average Bonchev–Trinajstić information content (AvgIpc) is 2.61. The minimum atomic E-state index is -1.14. The van der Waals surface area contributed by atoms with Crippen LogP contribution in [0.2, 0.25) is 0 Å². The largest absolute Gasteiger partial charge is 0.357 e. The van der Waals surface area contributed by atoms with E-state index in [0.717, 1.165) is 17.7 Å². The molecule has 25 heavy (non-hydrogen) atoms. The van der Waals surface area contributed by atoms with Crippen LogP contribution < -0.4 is 10.6 Å². The monoisotopic (exact) mass is 350 g/mol. The zero-order chi connectivity index (χ0) is 18.4. The summed E-state index contributed by atoms with van der Waals surface area (Å²) >= 11 is 0. The van der Waals surface area contributed by atoms with E-state index in [1.807, 2.05) is 0 Å². The number of hydrogen-bond donors (Lipinski definition) is 2. The number of carbonyl (C=O) groups is 2. The first-order chi connectivity index (χ1) is 11.9. The Morgan fingerprint density at radius 2 is 1.68 bits per heavy atom. The number of carbonyl (C=O) groups excluding carboxylic acids is 2. The Labute approximate surface area is 143 Å². The lowest BCUT2D eigenvalue weighted by Crippen LogP contribution is -2.39. The Hall–Kier alpha value is -2.83. The lowest BCUT2D eigenvalue weighted by molar-refractivity contribution is -0.128. The van der Waals surface area contributed by atoms with E-state index in [1.54, 1.807) is 12.1 Å². The standard InChI is InChI=1S/C18H17F3N2O2/c1-22-18(25)17(12-5-8-14(20)15(21)10-12)23-16(24)9-4-11-2-6-13(19)7-3-11/h2-3,5-8,10,17H,4,9H2,1H3,(H,22,25)(H,23,24). The SMILES string of the molecule is CNC(=O)C(NC(=O)CCc1ccc(F)cc1)c1ccc(F)c(F)c1. The Balaban J connectivity index is 2.05. The van der Waals surface area contributed by atoms with Gasteiger partial charge < -0.3 is 10.6 Å². The van der Waals surface area contributed by atoms with Crippen LogP contribution in [-0.2, 0) is 16.0 Å². The molecule has 2 aromatic rings. The summed E-state index contributed by atoms with van der Waals surface area (Å²) in [7, 11) is 1.37. The van der Waals surface area contributed by atoms with E-state index in [1.165, 1.54) is 25.2 Å². The summed E-state index contributed by atoms with van der Waals surface area (Å²) in [5.41, 5.74) is 0.897. The van der Waals surface area contributed by atoms with E-state index in [4.69, 9.17) is 0 Å². The van der Waals surface area contributed by atoms with Gasteiger partial charge in [-0.05, 0) is 41.8 Å². The Morgan fingerprint density at radius 1 is 1.00 bits per heavy atom. The summed E-state index contributed by atoms with van der Waals surface area (Å²) in [5.74, 6) is -3.51. The molecule has 0 aliphatic carbocycles. The average molecular weight is 350 g/mol. The third-order valence-corrected chi connectivity index (χ3v) is 3.64. The maximum absolute atomic E-state index is 13.4. The summed E-state index contributed by atoms with van der Waals surface area (Å²) in [6, 6.07) is 7.58. The highest BCUT2D eigenvalue weighted by atomic mass is 19.2. The van der Waals surface area contributed by atoms with Crippen molar-refractivity contribution in [3.63, 3.8) is 0 Å². The smallest absolute Gasteiger partial charge is 0.246 e. The third kappa shape index (κ3) is 5.07. The minimum Gasteiger partial charge on any atom is -0.357 e. The molecule has 2 N–H and O–H groups in total. The summed E-state index contributed by atoms with van der Waals surface area (Å²) < 4.78 is 39.3. The van der Waals surface area contributed by atoms with Gasteiger partial charge in [0.25, 0.3) is 0 Å². The Bertz CT molecular complexity index is 763.